The third-order valence-corrected chi connectivity index (χ3v) is 6.15. The van der Waals surface area contributed by atoms with Gasteiger partial charge in [-0.05, 0) is 67.9 Å². The van der Waals surface area contributed by atoms with Crippen molar-refractivity contribution < 1.29 is 9.59 Å². The summed E-state index contributed by atoms with van der Waals surface area (Å²) in [5, 5.41) is 0. The van der Waals surface area contributed by atoms with Crippen molar-refractivity contribution in [3.8, 4) is 0 Å². The predicted molar refractivity (Wildman–Crippen MR) is 136 cm³/mol. The Hall–Kier alpha value is -3.84. The summed E-state index contributed by atoms with van der Waals surface area (Å²) in [5.41, 5.74) is 15.0. The summed E-state index contributed by atoms with van der Waals surface area (Å²) in [6, 6.07) is 23.9. The van der Waals surface area contributed by atoms with Gasteiger partial charge in [-0.2, -0.15) is 0 Å². The van der Waals surface area contributed by atoms with E-state index in [0.29, 0.717) is 30.0 Å². The molecule has 0 saturated carbocycles. The fourth-order valence-corrected chi connectivity index (χ4v) is 4.27. The van der Waals surface area contributed by atoms with Crippen LogP contribution in [0.25, 0.3) is 0 Å². The number of benzene rings is 3. The van der Waals surface area contributed by atoms with Crippen molar-refractivity contribution in [2.24, 2.45) is 5.73 Å². The van der Waals surface area contributed by atoms with E-state index in [1.165, 1.54) is 12.8 Å². The molecule has 0 bridgehead atoms. The van der Waals surface area contributed by atoms with E-state index in [1.807, 2.05) is 65.6 Å². The molecular weight excluding hydrogens is 426 g/mol. The van der Waals surface area contributed by atoms with Crippen LogP contribution in [-0.4, -0.2) is 47.9 Å². The molecule has 1 heterocycles. The number of anilines is 3. The number of urea groups is 1. The number of likely N-dealkylation sites (tertiary alicyclic amines) is 1. The van der Waals surface area contributed by atoms with Crippen molar-refractivity contribution in [1.29, 1.82) is 0 Å². The summed E-state index contributed by atoms with van der Waals surface area (Å²) >= 11 is 0. The van der Waals surface area contributed by atoms with Gasteiger partial charge in [0.1, 0.15) is 0 Å². The van der Waals surface area contributed by atoms with Gasteiger partial charge >= 0.3 is 6.03 Å². The van der Waals surface area contributed by atoms with Gasteiger partial charge in [-0.3, -0.25) is 9.69 Å². The number of hydrogen-bond donors (Lipinski definition) is 2. The van der Waals surface area contributed by atoms with Crippen LogP contribution in [0, 0.1) is 0 Å². The van der Waals surface area contributed by atoms with E-state index in [0.717, 1.165) is 30.9 Å². The minimum atomic E-state index is -0.469. The molecule has 3 aromatic rings. The summed E-state index contributed by atoms with van der Waals surface area (Å²) in [5.74, 6) is -0.469. The molecule has 3 aromatic carbocycles. The standard InChI is InChI=1S/C27H31N5O2/c28-24-10-4-5-11-25(24)32(23-8-2-1-3-9-23)27(34)31(19-18-30-16-6-7-17-30)20-21-12-14-22(15-13-21)26(29)33/h1-5,8-15H,6-7,16-20,28H2,(H2,29,33). The normalized spacial score (nSPS) is 13.5. The second-order valence-corrected chi connectivity index (χ2v) is 8.54. The maximum atomic E-state index is 14.1. The van der Waals surface area contributed by atoms with Gasteiger partial charge in [0.2, 0.25) is 5.91 Å². The zero-order chi connectivity index (χ0) is 23.9. The first-order chi connectivity index (χ1) is 16.5. The van der Waals surface area contributed by atoms with E-state index < -0.39 is 5.91 Å². The third kappa shape index (κ3) is 5.55. The fourth-order valence-electron chi connectivity index (χ4n) is 4.27. The molecule has 0 aliphatic carbocycles. The number of carbonyl (C=O) groups is 2. The molecule has 3 amide bonds. The van der Waals surface area contributed by atoms with Crippen LogP contribution in [0.15, 0.2) is 78.9 Å². The van der Waals surface area contributed by atoms with Crippen LogP contribution in [0.5, 0.6) is 0 Å². The fraction of sp³-hybridized carbons (Fsp3) is 0.259. The lowest BCUT2D eigenvalue weighted by atomic mass is 10.1. The van der Waals surface area contributed by atoms with E-state index in [9.17, 15) is 9.59 Å². The Morgan fingerprint density at radius 1 is 0.853 bits per heavy atom. The van der Waals surface area contributed by atoms with Gasteiger partial charge in [-0.25, -0.2) is 4.79 Å². The topological polar surface area (TPSA) is 95.9 Å². The summed E-state index contributed by atoms with van der Waals surface area (Å²) in [6.45, 7) is 3.90. The number of carbonyl (C=O) groups excluding carboxylic acids is 2. The van der Waals surface area contributed by atoms with Crippen LogP contribution in [0.3, 0.4) is 0 Å². The van der Waals surface area contributed by atoms with Gasteiger partial charge in [0.25, 0.3) is 0 Å². The molecule has 0 unspecified atom stereocenters. The highest BCUT2D eigenvalue weighted by Gasteiger charge is 2.26. The zero-order valence-electron chi connectivity index (χ0n) is 19.3. The lowest BCUT2D eigenvalue weighted by Crippen LogP contribution is -2.44. The summed E-state index contributed by atoms with van der Waals surface area (Å²) < 4.78 is 0. The molecule has 1 aliphatic rings. The van der Waals surface area contributed by atoms with Crippen LogP contribution < -0.4 is 16.4 Å². The second kappa shape index (κ2) is 10.9. The van der Waals surface area contributed by atoms with Crippen LogP contribution in [0.2, 0.25) is 0 Å². The van der Waals surface area contributed by atoms with E-state index >= 15 is 0 Å². The zero-order valence-corrected chi connectivity index (χ0v) is 19.3. The first kappa shape index (κ1) is 23.3. The maximum Gasteiger partial charge on any atom is 0.329 e. The highest BCUT2D eigenvalue weighted by atomic mass is 16.2. The molecule has 1 saturated heterocycles. The lowest BCUT2D eigenvalue weighted by molar-refractivity contribution is 0.1000. The Morgan fingerprint density at radius 2 is 1.50 bits per heavy atom. The Labute approximate surface area is 200 Å². The highest BCUT2D eigenvalue weighted by Crippen LogP contribution is 2.31. The van der Waals surface area contributed by atoms with Crippen molar-refractivity contribution in [3.63, 3.8) is 0 Å². The molecular formula is C27H31N5O2. The quantitative estimate of drug-likeness (QED) is 0.495. The number of nitrogens with zero attached hydrogens (tertiary/aromatic N) is 3. The minimum absolute atomic E-state index is 0.151. The van der Waals surface area contributed by atoms with Crippen molar-refractivity contribution >= 4 is 29.0 Å². The molecule has 176 valence electrons. The van der Waals surface area contributed by atoms with Gasteiger partial charge in [0.05, 0.1) is 17.1 Å². The van der Waals surface area contributed by atoms with E-state index in [1.54, 1.807) is 23.1 Å². The Kier molecular flexibility index (Phi) is 7.44. The average molecular weight is 458 g/mol. The van der Waals surface area contributed by atoms with Crippen molar-refractivity contribution in [2.45, 2.75) is 19.4 Å². The van der Waals surface area contributed by atoms with Gasteiger partial charge in [0, 0.05) is 25.2 Å². The van der Waals surface area contributed by atoms with Crippen LogP contribution in [0.1, 0.15) is 28.8 Å². The number of primary amides is 1. The molecule has 1 fully saturated rings. The number of amides is 3. The van der Waals surface area contributed by atoms with Gasteiger partial charge in [-0.1, -0.05) is 42.5 Å². The number of rotatable bonds is 8. The van der Waals surface area contributed by atoms with Crippen LogP contribution in [0.4, 0.5) is 21.9 Å². The first-order valence-electron chi connectivity index (χ1n) is 11.6. The third-order valence-electron chi connectivity index (χ3n) is 6.15. The van der Waals surface area contributed by atoms with Gasteiger partial charge < -0.3 is 21.3 Å². The minimum Gasteiger partial charge on any atom is -0.397 e. The summed E-state index contributed by atoms with van der Waals surface area (Å²) in [6.07, 6.45) is 2.39. The molecule has 34 heavy (non-hydrogen) atoms. The largest absolute Gasteiger partial charge is 0.397 e. The molecule has 4 rings (SSSR count). The number of nitrogen functional groups attached to an aromatic ring is 1. The predicted octanol–water partition coefficient (Wildman–Crippen LogP) is 4.22. The second-order valence-electron chi connectivity index (χ2n) is 8.54. The number of hydrogen-bond acceptors (Lipinski definition) is 4. The Morgan fingerprint density at radius 3 is 2.15 bits per heavy atom. The van der Waals surface area contributed by atoms with Gasteiger partial charge in [0.15, 0.2) is 0 Å². The van der Waals surface area contributed by atoms with Crippen molar-refractivity contribution in [1.82, 2.24) is 9.80 Å². The van der Waals surface area contributed by atoms with E-state index in [2.05, 4.69) is 4.90 Å². The van der Waals surface area contributed by atoms with Crippen molar-refractivity contribution in [2.75, 3.05) is 36.8 Å². The molecule has 7 nitrogen and oxygen atoms in total. The molecule has 0 aromatic heterocycles. The number of nitrogens with two attached hydrogens (primary N) is 2. The molecule has 0 radical (unpaired) electrons. The Bertz CT molecular complexity index is 1110. The summed E-state index contributed by atoms with van der Waals surface area (Å²) in [7, 11) is 0. The smallest absolute Gasteiger partial charge is 0.329 e. The van der Waals surface area contributed by atoms with E-state index in [-0.39, 0.29) is 6.03 Å². The number of para-hydroxylation sites is 3. The van der Waals surface area contributed by atoms with Gasteiger partial charge in [-0.15, -0.1) is 0 Å². The first-order valence-corrected chi connectivity index (χ1v) is 11.6. The summed E-state index contributed by atoms with van der Waals surface area (Å²) in [4.78, 5) is 31.5. The monoisotopic (exact) mass is 457 g/mol. The van der Waals surface area contributed by atoms with E-state index in [4.69, 9.17) is 11.5 Å². The molecule has 4 N–H and O–H groups in total. The van der Waals surface area contributed by atoms with Crippen molar-refractivity contribution in [3.05, 3.63) is 90.0 Å². The molecule has 0 spiro atoms. The molecule has 7 heteroatoms. The Balaban J connectivity index is 1.65. The maximum absolute atomic E-state index is 14.1. The SMILES string of the molecule is NC(=O)c1ccc(CN(CCN2CCCC2)C(=O)N(c2ccccc2)c2ccccc2N)cc1. The molecule has 1 aliphatic heterocycles. The van der Waals surface area contributed by atoms with Crippen LogP contribution >= 0.6 is 0 Å². The average Bonchev–Trinajstić information content (AvgIpc) is 3.38. The lowest BCUT2D eigenvalue weighted by Gasteiger charge is -2.32. The van der Waals surface area contributed by atoms with Crippen LogP contribution in [-0.2, 0) is 6.54 Å². The highest BCUT2D eigenvalue weighted by molar-refractivity contribution is 6.02. The molecule has 0 atom stereocenters.